The van der Waals surface area contributed by atoms with Crippen molar-refractivity contribution >= 4 is 11.5 Å². The van der Waals surface area contributed by atoms with E-state index in [0.717, 1.165) is 40.8 Å². The van der Waals surface area contributed by atoms with E-state index in [1.165, 1.54) is 5.56 Å². The van der Waals surface area contributed by atoms with Crippen molar-refractivity contribution in [2.75, 3.05) is 0 Å². The second-order valence-electron chi connectivity index (χ2n) is 7.06. The van der Waals surface area contributed by atoms with Gasteiger partial charge in [0.15, 0.2) is 0 Å². The molecule has 0 bridgehead atoms. The highest BCUT2D eigenvalue weighted by Gasteiger charge is 2.53. The monoisotopic (exact) mass is 337 g/mol. The lowest BCUT2D eigenvalue weighted by molar-refractivity contribution is 0.0954. The molecule has 1 amide bonds. The highest BCUT2D eigenvalue weighted by molar-refractivity contribution is 6.02. The summed E-state index contributed by atoms with van der Waals surface area (Å²) < 4.78 is 0. The molecule has 5 rings (SSSR count). The summed E-state index contributed by atoms with van der Waals surface area (Å²) in [5.41, 5.74) is 6.38. The van der Waals surface area contributed by atoms with E-state index in [0.29, 0.717) is 0 Å². The van der Waals surface area contributed by atoms with Crippen LogP contribution in [0.2, 0.25) is 0 Å². The summed E-state index contributed by atoms with van der Waals surface area (Å²) in [4.78, 5) is 12.8. The number of benzene rings is 3. The maximum atomic E-state index is 12.8. The Morgan fingerprint density at radius 2 is 1.27 bits per heavy atom. The molecule has 0 atom stereocenters. The van der Waals surface area contributed by atoms with Crippen molar-refractivity contribution in [3.8, 4) is 0 Å². The maximum Gasteiger partial charge on any atom is 0.255 e. The number of hydrogen-bond acceptors (Lipinski definition) is 1. The van der Waals surface area contributed by atoms with Gasteiger partial charge in [0.1, 0.15) is 0 Å². The van der Waals surface area contributed by atoms with Gasteiger partial charge in [-0.05, 0) is 35.6 Å². The van der Waals surface area contributed by atoms with Crippen LogP contribution < -0.4 is 5.32 Å². The molecule has 2 aliphatic rings. The molecule has 126 valence electrons. The van der Waals surface area contributed by atoms with Gasteiger partial charge >= 0.3 is 0 Å². The van der Waals surface area contributed by atoms with Crippen molar-refractivity contribution in [3.63, 3.8) is 0 Å². The molecule has 26 heavy (non-hydrogen) atoms. The van der Waals surface area contributed by atoms with E-state index < -0.39 is 0 Å². The second-order valence-corrected chi connectivity index (χ2v) is 7.06. The van der Waals surface area contributed by atoms with Crippen molar-refractivity contribution < 1.29 is 4.79 Å². The van der Waals surface area contributed by atoms with Gasteiger partial charge in [-0.15, -0.1) is 0 Å². The smallest absolute Gasteiger partial charge is 0.255 e. The van der Waals surface area contributed by atoms with Crippen LogP contribution in [-0.4, -0.2) is 5.91 Å². The largest absolute Gasteiger partial charge is 0.324 e. The number of fused-ring (bicyclic) bond motifs is 2. The van der Waals surface area contributed by atoms with Crippen LogP contribution in [0.1, 0.15) is 39.9 Å². The fourth-order valence-electron chi connectivity index (χ4n) is 4.14. The molecule has 0 aromatic heterocycles. The van der Waals surface area contributed by atoms with E-state index in [9.17, 15) is 4.79 Å². The van der Waals surface area contributed by atoms with Gasteiger partial charge in [-0.25, -0.2) is 0 Å². The first-order valence-corrected chi connectivity index (χ1v) is 9.06. The van der Waals surface area contributed by atoms with Crippen LogP contribution in [0.3, 0.4) is 0 Å². The molecule has 1 spiro atoms. The molecule has 0 radical (unpaired) electrons. The summed E-state index contributed by atoms with van der Waals surface area (Å²) in [6, 6.07) is 28.8. The lowest BCUT2D eigenvalue weighted by Crippen LogP contribution is -2.38. The number of hydrogen-bond donors (Lipinski definition) is 1. The van der Waals surface area contributed by atoms with Crippen LogP contribution in [0.25, 0.3) is 5.57 Å². The van der Waals surface area contributed by atoms with Gasteiger partial charge in [-0.2, -0.15) is 0 Å². The van der Waals surface area contributed by atoms with Crippen LogP contribution in [0.5, 0.6) is 0 Å². The Labute approximate surface area is 153 Å². The summed E-state index contributed by atoms with van der Waals surface area (Å²) in [7, 11) is 0. The molecule has 1 fully saturated rings. The summed E-state index contributed by atoms with van der Waals surface area (Å²) in [6.07, 6.45) is 2.14. The van der Waals surface area contributed by atoms with Crippen LogP contribution >= 0.6 is 0 Å². The minimum Gasteiger partial charge on any atom is -0.324 e. The minimum absolute atomic E-state index is 0.00233. The van der Waals surface area contributed by atoms with E-state index >= 15 is 0 Å². The maximum absolute atomic E-state index is 12.8. The highest BCUT2D eigenvalue weighted by Crippen LogP contribution is 2.57. The fraction of sp³-hybridized carbons (Fsp3) is 0.125. The molecule has 1 aliphatic heterocycles. The Bertz CT molecular complexity index is 973. The SMILES string of the molecule is O=C1NC(=C(c2ccccc2)c2ccccc2)C2(CC2)c2ccccc21. The number of nitrogens with one attached hydrogen (secondary N) is 1. The Morgan fingerprint density at radius 1 is 0.731 bits per heavy atom. The van der Waals surface area contributed by atoms with Crippen LogP contribution in [0.15, 0.2) is 90.6 Å². The highest BCUT2D eigenvalue weighted by atomic mass is 16.1. The van der Waals surface area contributed by atoms with Crippen molar-refractivity contribution in [1.82, 2.24) is 5.32 Å². The van der Waals surface area contributed by atoms with Crippen LogP contribution in [0, 0.1) is 0 Å². The van der Waals surface area contributed by atoms with Crippen molar-refractivity contribution in [2.45, 2.75) is 18.3 Å². The molecule has 0 saturated heterocycles. The van der Waals surface area contributed by atoms with Crippen molar-refractivity contribution in [1.29, 1.82) is 0 Å². The topological polar surface area (TPSA) is 29.1 Å². The van der Waals surface area contributed by atoms with Crippen LogP contribution in [-0.2, 0) is 5.41 Å². The average Bonchev–Trinajstić information content (AvgIpc) is 3.50. The number of carbonyl (C=O) groups excluding carboxylic acids is 1. The van der Waals surface area contributed by atoms with Gasteiger partial charge in [-0.1, -0.05) is 78.9 Å². The zero-order valence-electron chi connectivity index (χ0n) is 14.4. The van der Waals surface area contributed by atoms with Gasteiger partial charge < -0.3 is 5.32 Å². The van der Waals surface area contributed by atoms with Gasteiger partial charge in [0.25, 0.3) is 5.91 Å². The Hall–Kier alpha value is -3.13. The number of rotatable bonds is 2. The van der Waals surface area contributed by atoms with Gasteiger partial charge in [0, 0.05) is 22.2 Å². The first kappa shape index (κ1) is 15.2. The zero-order chi connectivity index (χ0) is 17.6. The Kier molecular flexibility index (Phi) is 3.32. The standard InChI is InChI=1S/C24H19NO/c26-23-19-13-7-8-14-20(19)24(15-16-24)22(25-23)21(17-9-3-1-4-10-17)18-11-5-2-6-12-18/h1-14H,15-16H2,(H,25,26). The Balaban J connectivity index is 1.81. The molecule has 1 N–H and O–H groups in total. The van der Waals surface area contributed by atoms with Gasteiger partial charge in [0.05, 0.1) is 0 Å². The number of allylic oxidation sites excluding steroid dienone is 1. The van der Waals surface area contributed by atoms with E-state index in [4.69, 9.17) is 0 Å². The second kappa shape index (κ2) is 5.70. The minimum atomic E-state index is -0.0640. The van der Waals surface area contributed by atoms with E-state index in [1.54, 1.807) is 0 Å². The fourth-order valence-corrected chi connectivity index (χ4v) is 4.14. The first-order chi connectivity index (χ1) is 12.8. The lowest BCUT2D eigenvalue weighted by Gasteiger charge is -2.31. The van der Waals surface area contributed by atoms with Crippen molar-refractivity contribution in [3.05, 3.63) is 113 Å². The quantitative estimate of drug-likeness (QED) is 0.706. The molecule has 1 aliphatic carbocycles. The molecule has 3 aromatic carbocycles. The third kappa shape index (κ3) is 2.22. The first-order valence-electron chi connectivity index (χ1n) is 9.06. The summed E-state index contributed by atoms with van der Waals surface area (Å²) in [6.45, 7) is 0. The van der Waals surface area contributed by atoms with E-state index in [1.807, 2.05) is 30.3 Å². The third-order valence-corrected chi connectivity index (χ3v) is 5.53. The molecular formula is C24H19NO. The predicted molar refractivity (Wildman–Crippen MR) is 104 cm³/mol. The zero-order valence-corrected chi connectivity index (χ0v) is 14.4. The molecule has 0 unspecified atom stereocenters. The predicted octanol–water partition coefficient (Wildman–Crippen LogP) is 4.92. The number of carbonyl (C=O) groups is 1. The third-order valence-electron chi connectivity index (χ3n) is 5.53. The molecular weight excluding hydrogens is 318 g/mol. The average molecular weight is 337 g/mol. The summed E-state index contributed by atoms with van der Waals surface area (Å²) >= 11 is 0. The molecule has 3 aromatic rings. The molecule has 1 heterocycles. The van der Waals surface area contributed by atoms with Crippen LogP contribution in [0.4, 0.5) is 0 Å². The van der Waals surface area contributed by atoms with E-state index in [-0.39, 0.29) is 11.3 Å². The number of amides is 1. The van der Waals surface area contributed by atoms with Gasteiger partial charge in [-0.3, -0.25) is 4.79 Å². The molecule has 1 saturated carbocycles. The van der Waals surface area contributed by atoms with Gasteiger partial charge in [0.2, 0.25) is 0 Å². The molecule has 2 nitrogen and oxygen atoms in total. The summed E-state index contributed by atoms with van der Waals surface area (Å²) in [5.74, 6) is -0.00233. The van der Waals surface area contributed by atoms with Crippen molar-refractivity contribution in [2.24, 2.45) is 0 Å². The van der Waals surface area contributed by atoms with E-state index in [2.05, 4.69) is 59.9 Å². The lowest BCUT2D eigenvalue weighted by atomic mass is 9.80. The normalized spacial score (nSPS) is 16.8. The molecule has 2 heteroatoms. The Morgan fingerprint density at radius 3 is 1.85 bits per heavy atom. The summed E-state index contributed by atoms with van der Waals surface area (Å²) in [5, 5.41) is 3.26.